The Balaban J connectivity index is 1.48. The number of methoxy groups -OCH3 is 2. The van der Waals surface area contributed by atoms with Crippen molar-refractivity contribution < 1.29 is 28.5 Å². The van der Waals surface area contributed by atoms with E-state index in [-0.39, 0.29) is 37.1 Å². The zero-order valence-corrected chi connectivity index (χ0v) is 20.6. The highest BCUT2D eigenvalue weighted by Gasteiger charge is 2.34. The molecule has 1 aromatic heterocycles. The molecule has 1 aromatic carbocycles. The van der Waals surface area contributed by atoms with Gasteiger partial charge in [0.25, 0.3) is 0 Å². The van der Waals surface area contributed by atoms with Crippen LogP contribution in [-0.4, -0.2) is 81.4 Å². The second-order valence-corrected chi connectivity index (χ2v) is 9.49. The summed E-state index contributed by atoms with van der Waals surface area (Å²) in [6.07, 6.45) is 2.63. The van der Waals surface area contributed by atoms with Crippen molar-refractivity contribution in [3.8, 4) is 11.5 Å². The third-order valence-corrected chi connectivity index (χ3v) is 7.26. The summed E-state index contributed by atoms with van der Waals surface area (Å²) < 4.78 is 22.2. The molecule has 2 amide bonds. The molecule has 0 N–H and O–H groups in total. The predicted octanol–water partition coefficient (Wildman–Crippen LogP) is 2.92. The Hall–Kier alpha value is -2.62. The molecule has 0 radical (unpaired) electrons. The van der Waals surface area contributed by atoms with Crippen molar-refractivity contribution in [3.63, 3.8) is 0 Å². The van der Waals surface area contributed by atoms with Gasteiger partial charge >= 0.3 is 0 Å². The fourth-order valence-corrected chi connectivity index (χ4v) is 5.43. The highest BCUT2D eigenvalue weighted by atomic mass is 32.1. The van der Waals surface area contributed by atoms with Crippen LogP contribution < -0.4 is 9.47 Å². The molecule has 0 spiro atoms. The van der Waals surface area contributed by atoms with Gasteiger partial charge in [-0.05, 0) is 48.4 Å². The van der Waals surface area contributed by atoms with Gasteiger partial charge in [0, 0.05) is 37.7 Å². The molecule has 0 saturated carbocycles. The van der Waals surface area contributed by atoms with Crippen molar-refractivity contribution in [1.82, 2.24) is 9.80 Å². The first-order chi connectivity index (χ1) is 16.6. The molecule has 0 bridgehead atoms. The van der Waals surface area contributed by atoms with Gasteiger partial charge in [0.2, 0.25) is 11.8 Å². The summed E-state index contributed by atoms with van der Waals surface area (Å²) in [5.74, 6) is 1.10. The van der Waals surface area contributed by atoms with E-state index in [1.165, 1.54) is 12.0 Å². The first kappa shape index (κ1) is 24.5. The molecular formula is C25H32N2O6S. The fraction of sp³-hybridized carbons (Fsp3) is 0.520. The third kappa shape index (κ3) is 5.89. The monoisotopic (exact) mass is 488 g/mol. The van der Waals surface area contributed by atoms with E-state index in [9.17, 15) is 9.59 Å². The van der Waals surface area contributed by atoms with E-state index in [2.05, 4.69) is 11.4 Å². The van der Waals surface area contributed by atoms with Gasteiger partial charge in [-0.1, -0.05) is 6.07 Å². The Kier molecular flexibility index (Phi) is 8.42. The number of rotatable bonds is 10. The van der Waals surface area contributed by atoms with Crippen LogP contribution in [0.4, 0.5) is 0 Å². The molecule has 2 aliphatic heterocycles. The van der Waals surface area contributed by atoms with E-state index in [0.717, 1.165) is 24.8 Å². The maximum atomic E-state index is 13.5. The summed E-state index contributed by atoms with van der Waals surface area (Å²) in [6.45, 7) is 1.94. The Labute approximate surface area is 204 Å². The molecule has 3 heterocycles. The molecule has 2 aromatic rings. The Bertz CT molecular complexity index is 974. The minimum atomic E-state index is -0.226. The van der Waals surface area contributed by atoms with Crippen molar-refractivity contribution in [2.24, 2.45) is 0 Å². The highest BCUT2D eigenvalue weighted by Crippen LogP contribution is 2.34. The SMILES string of the molecule is COCC(=O)N(CC(=O)N1CCc2sccc2C1COc1cccc(OC)c1)CC1CCCO1. The summed E-state index contributed by atoms with van der Waals surface area (Å²) in [4.78, 5) is 30.9. The van der Waals surface area contributed by atoms with Crippen molar-refractivity contribution in [2.45, 2.75) is 31.4 Å². The molecule has 1 saturated heterocycles. The number of thiophene rings is 1. The average Bonchev–Trinajstić information content (AvgIpc) is 3.54. The Morgan fingerprint density at radius 2 is 2.09 bits per heavy atom. The van der Waals surface area contributed by atoms with Gasteiger partial charge in [0.1, 0.15) is 24.7 Å². The molecule has 2 unspecified atom stereocenters. The minimum Gasteiger partial charge on any atom is -0.497 e. The zero-order valence-electron chi connectivity index (χ0n) is 19.7. The lowest BCUT2D eigenvalue weighted by Gasteiger charge is -2.37. The van der Waals surface area contributed by atoms with Gasteiger partial charge in [-0.25, -0.2) is 0 Å². The third-order valence-electron chi connectivity index (χ3n) is 6.26. The number of carbonyl (C=O) groups is 2. The summed E-state index contributed by atoms with van der Waals surface area (Å²) in [5.41, 5.74) is 1.11. The number of carbonyl (C=O) groups excluding carboxylic acids is 2. The van der Waals surface area contributed by atoms with E-state index >= 15 is 0 Å². The summed E-state index contributed by atoms with van der Waals surface area (Å²) >= 11 is 1.71. The van der Waals surface area contributed by atoms with Crippen LogP contribution in [0, 0.1) is 0 Å². The van der Waals surface area contributed by atoms with E-state index < -0.39 is 0 Å². The lowest BCUT2D eigenvalue weighted by atomic mass is 10.0. The molecule has 1 fully saturated rings. The molecule has 4 rings (SSSR count). The van der Waals surface area contributed by atoms with Crippen LogP contribution in [-0.2, 0) is 25.5 Å². The van der Waals surface area contributed by atoms with Crippen LogP contribution in [0.25, 0.3) is 0 Å². The normalized spacial score (nSPS) is 19.5. The van der Waals surface area contributed by atoms with Gasteiger partial charge < -0.3 is 28.7 Å². The van der Waals surface area contributed by atoms with Crippen molar-refractivity contribution in [1.29, 1.82) is 0 Å². The lowest BCUT2D eigenvalue weighted by molar-refractivity contribution is -0.145. The van der Waals surface area contributed by atoms with Gasteiger partial charge in [-0.3, -0.25) is 9.59 Å². The number of benzene rings is 1. The summed E-state index contributed by atoms with van der Waals surface area (Å²) in [6, 6.07) is 9.28. The number of fused-ring (bicyclic) bond motifs is 1. The Morgan fingerprint density at radius 1 is 1.24 bits per heavy atom. The van der Waals surface area contributed by atoms with Crippen LogP contribution in [0.3, 0.4) is 0 Å². The van der Waals surface area contributed by atoms with Crippen molar-refractivity contribution in [3.05, 3.63) is 46.2 Å². The molecule has 8 nitrogen and oxygen atoms in total. The van der Waals surface area contributed by atoms with E-state index in [1.54, 1.807) is 23.3 Å². The van der Waals surface area contributed by atoms with Crippen LogP contribution in [0.1, 0.15) is 29.3 Å². The first-order valence-corrected chi connectivity index (χ1v) is 12.5. The zero-order chi connectivity index (χ0) is 23.9. The van der Waals surface area contributed by atoms with Crippen LogP contribution >= 0.6 is 11.3 Å². The number of hydrogen-bond donors (Lipinski definition) is 0. The summed E-state index contributed by atoms with van der Waals surface area (Å²) in [5, 5.41) is 2.06. The largest absolute Gasteiger partial charge is 0.497 e. The minimum absolute atomic E-state index is 0.00279. The highest BCUT2D eigenvalue weighted by molar-refractivity contribution is 7.10. The number of nitrogens with zero attached hydrogens (tertiary/aromatic N) is 2. The maximum Gasteiger partial charge on any atom is 0.249 e. The van der Waals surface area contributed by atoms with Crippen LogP contribution in [0.15, 0.2) is 35.7 Å². The molecule has 2 atom stereocenters. The molecule has 184 valence electrons. The summed E-state index contributed by atoms with van der Waals surface area (Å²) in [7, 11) is 3.10. The average molecular weight is 489 g/mol. The maximum absolute atomic E-state index is 13.5. The lowest BCUT2D eigenvalue weighted by Crippen LogP contribution is -2.49. The predicted molar refractivity (Wildman–Crippen MR) is 128 cm³/mol. The fourth-order valence-electron chi connectivity index (χ4n) is 4.50. The first-order valence-electron chi connectivity index (χ1n) is 11.6. The molecular weight excluding hydrogens is 456 g/mol. The second-order valence-electron chi connectivity index (χ2n) is 8.48. The van der Waals surface area contributed by atoms with Crippen molar-refractivity contribution >= 4 is 23.2 Å². The van der Waals surface area contributed by atoms with Crippen LogP contribution in [0.5, 0.6) is 11.5 Å². The van der Waals surface area contributed by atoms with Crippen molar-refractivity contribution in [2.75, 3.05) is 53.7 Å². The number of hydrogen-bond acceptors (Lipinski definition) is 7. The van der Waals surface area contributed by atoms with Gasteiger partial charge in [-0.2, -0.15) is 0 Å². The standard InChI is InChI=1S/C25H32N2O6S/c1-30-17-25(29)26(14-20-7-4-11-32-20)15-24(28)27-10-8-23-21(9-12-34-23)22(27)16-33-19-6-3-5-18(13-19)31-2/h3,5-6,9,12-13,20,22H,4,7-8,10-11,14-17H2,1-2H3. The topological polar surface area (TPSA) is 77.5 Å². The number of ether oxygens (including phenoxy) is 4. The van der Waals surface area contributed by atoms with Gasteiger partial charge in [-0.15, -0.1) is 11.3 Å². The van der Waals surface area contributed by atoms with E-state index in [1.807, 2.05) is 29.2 Å². The molecule has 2 aliphatic rings. The van der Waals surface area contributed by atoms with Crippen LogP contribution in [0.2, 0.25) is 0 Å². The van der Waals surface area contributed by atoms with Gasteiger partial charge in [0.15, 0.2) is 0 Å². The van der Waals surface area contributed by atoms with E-state index in [0.29, 0.717) is 37.8 Å². The van der Waals surface area contributed by atoms with Gasteiger partial charge in [0.05, 0.1) is 25.8 Å². The van der Waals surface area contributed by atoms with E-state index in [4.69, 9.17) is 18.9 Å². The molecule has 34 heavy (non-hydrogen) atoms. The quantitative estimate of drug-likeness (QED) is 0.512. The molecule has 9 heteroatoms. The number of amides is 2. The smallest absolute Gasteiger partial charge is 0.249 e. The Morgan fingerprint density at radius 3 is 2.85 bits per heavy atom. The molecule has 0 aliphatic carbocycles. The second kappa shape index (κ2) is 11.7.